The maximum Gasteiger partial charge on any atom is 0.288 e. The summed E-state index contributed by atoms with van der Waals surface area (Å²) in [6, 6.07) is 11.1. The number of aryl methyl sites for hydroxylation is 1. The van der Waals surface area contributed by atoms with Crippen molar-refractivity contribution in [3.63, 3.8) is 0 Å². The highest BCUT2D eigenvalue weighted by Gasteiger charge is 2.32. The fourth-order valence-corrected chi connectivity index (χ4v) is 3.32. The van der Waals surface area contributed by atoms with E-state index in [1.807, 2.05) is 11.8 Å². The monoisotopic (exact) mass is 330 g/mol. The van der Waals surface area contributed by atoms with Crippen molar-refractivity contribution in [2.75, 3.05) is 26.2 Å². The maximum atomic E-state index is 12.4. The van der Waals surface area contributed by atoms with E-state index >= 15 is 0 Å². The van der Waals surface area contributed by atoms with E-state index in [1.54, 1.807) is 0 Å². The Bertz CT molecular complexity index is 544. The van der Waals surface area contributed by atoms with Crippen molar-refractivity contribution in [3.8, 4) is 0 Å². The van der Waals surface area contributed by atoms with Crippen molar-refractivity contribution in [2.45, 2.75) is 45.7 Å². The topological polar surface area (TPSA) is 32.8 Å². The third kappa shape index (κ3) is 4.84. The third-order valence-electron chi connectivity index (χ3n) is 4.69. The van der Waals surface area contributed by atoms with E-state index in [-0.39, 0.29) is 17.7 Å². The van der Waals surface area contributed by atoms with E-state index in [9.17, 15) is 4.79 Å². The molecule has 1 heterocycles. The van der Waals surface area contributed by atoms with Crippen LogP contribution in [0.5, 0.6) is 0 Å². The van der Waals surface area contributed by atoms with Crippen LogP contribution in [0, 0.1) is 0 Å². The molecule has 2 unspecified atom stereocenters. The first-order valence-electron chi connectivity index (χ1n) is 8.93. The van der Waals surface area contributed by atoms with Gasteiger partial charge in [0.1, 0.15) is 0 Å². The molecule has 2 rings (SSSR count). The minimum Gasteiger partial charge on any atom is -0.489 e. The maximum absolute atomic E-state index is 12.4. The number of benzene rings is 1. The van der Waals surface area contributed by atoms with Gasteiger partial charge < -0.3 is 9.64 Å². The molecule has 1 amide bonds. The zero-order valence-electron chi connectivity index (χ0n) is 15.2. The van der Waals surface area contributed by atoms with Gasteiger partial charge in [0, 0.05) is 25.2 Å². The second kappa shape index (κ2) is 8.88. The number of hydrogen-bond acceptors (Lipinski definition) is 3. The molecule has 4 heteroatoms. The van der Waals surface area contributed by atoms with E-state index in [0.717, 1.165) is 32.5 Å². The lowest BCUT2D eigenvalue weighted by Gasteiger charge is -2.44. The molecule has 1 aliphatic rings. The summed E-state index contributed by atoms with van der Waals surface area (Å²) in [5, 5.41) is 0. The smallest absolute Gasteiger partial charge is 0.288 e. The van der Waals surface area contributed by atoms with E-state index in [1.165, 1.54) is 5.56 Å². The molecule has 1 saturated heterocycles. The predicted molar refractivity (Wildman–Crippen MR) is 97.7 cm³/mol. The van der Waals surface area contributed by atoms with Crippen LogP contribution < -0.4 is 0 Å². The highest BCUT2D eigenvalue weighted by Crippen LogP contribution is 2.18. The molecule has 1 aromatic carbocycles. The number of rotatable bonds is 7. The molecule has 2 atom stereocenters. The van der Waals surface area contributed by atoms with Crippen LogP contribution in [-0.4, -0.2) is 54.0 Å². The van der Waals surface area contributed by atoms with Gasteiger partial charge in [-0.3, -0.25) is 9.69 Å². The zero-order valence-corrected chi connectivity index (χ0v) is 15.2. The van der Waals surface area contributed by atoms with Crippen LogP contribution in [0.3, 0.4) is 0 Å². The molecule has 24 heavy (non-hydrogen) atoms. The fraction of sp³-hybridized carbons (Fsp3) is 0.550. The lowest BCUT2D eigenvalue weighted by molar-refractivity contribution is -0.136. The van der Waals surface area contributed by atoms with Gasteiger partial charge in [0.2, 0.25) is 0 Å². The Balaban J connectivity index is 1.84. The van der Waals surface area contributed by atoms with Crippen molar-refractivity contribution in [3.05, 3.63) is 48.2 Å². The van der Waals surface area contributed by atoms with E-state index in [2.05, 4.69) is 55.7 Å². The van der Waals surface area contributed by atoms with Crippen LogP contribution >= 0.6 is 0 Å². The molecule has 132 valence electrons. The molecule has 1 fully saturated rings. The van der Waals surface area contributed by atoms with Crippen molar-refractivity contribution in [1.82, 2.24) is 9.80 Å². The molecule has 0 bridgehead atoms. The van der Waals surface area contributed by atoms with Gasteiger partial charge >= 0.3 is 0 Å². The summed E-state index contributed by atoms with van der Waals surface area (Å²) >= 11 is 0. The lowest BCUT2D eigenvalue weighted by Crippen LogP contribution is -2.58. The van der Waals surface area contributed by atoms with Gasteiger partial charge in [-0.25, -0.2) is 0 Å². The molecule has 0 N–H and O–H groups in total. The van der Waals surface area contributed by atoms with E-state index in [4.69, 9.17) is 4.74 Å². The minimum atomic E-state index is -0.0693. The Kier molecular flexibility index (Phi) is 6.85. The fourth-order valence-electron chi connectivity index (χ4n) is 3.32. The Morgan fingerprint density at radius 1 is 1.21 bits per heavy atom. The van der Waals surface area contributed by atoms with Gasteiger partial charge in [-0.15, -0.1) is 0 Å². The van der Waals surface area contributed by atoms with Gasteiger partial charge in [0.15, 0.2) is 5.76 Å². The average Bonchev–Trinajstić information content (AvgIpc) is 2.58. The van der Waals surface area contributed by atoms with Gasteiger partial charge in [0.25, 0.3) is 5.91 Å². The highest BCUT2D eigenvalue weighted by atomic mass is 16.5. The van der Waals surface area contributed by atoms with Crippen molar-refractivity contribution < 1.29 is 9.53 Å². The average molecular weight is 330 g/mol. The SMILES string of the molecule is C=C(OCC)C(=O)N1CC(C)N(CCCc2ccccc2)CC1C. The number of hydrogen-bond donors (Lipinski definition) is 0. The standard InChI is InChI=1S/C20H30N2O2/c1-5-24-18(4)20(23)22-15-16(2)21(14-17(22)3)13-9-12-19-10-7-6-8-11-19/h6-8,10-11,16-17H,4-5,9,12-15H2,1-3H3. The van der Waals surface area contributed by atoms with Crippen LogP contribution in [0.25, 0.3) is 0 Å². The minimum absolute atomic E-state index is 0.0693. The van der Waals surface area contributed by atoms with Crippen LogP contribution in [0.1, 0.15) is 32.8 Å². The van der Waals surface area contributed by atoms with Crippen LogP contribution in [0.2, 0.25) is 0 Å². The summed E-state index contributed by atoms with van der Waals surface area (Å²) in [5.41, 5.74) is 1.39. The van der Waals surface area contributed by atoms with E-state index < -0.39 is 0 Å². The summed E-state index contributed by atoms with van der Waals surface area (Å²) in [5.74, 6) is 0.189. The number of ether oxygens (including phenoxy) is 1. The number of amides is 1. The summed E-state index contributed by atoms with van der Waals surface area (Å²) in [7, 11) is 0. The Morgan fingerprint density at radius 3 is 2.58 bits per heavy atom. The predicted octanol–water partition coefficient (Wildman–Crippen LogP) is 3.09. The van der Waals surface area contributed by atoms with Crippen molar-refractivity contribution in [2.24, 2.45) is 0 Å². The molecule has 0 saturated carbocycles. The highest BCUT2D eigenvalue weighted by molar-refractivity contribution is 5.91. The number of nitrogens with zero attached hydrogens (tertiary/aromatic N) is 2. The molecule has 1 aromatic rings. The van der Waals surface area contributed by atoms with Gasteiger partial charge in [-0.05, 0) is 45.7 Å². The molecule has 0 radical (unpaired) electrons. The lowest BCUT2D eigenvalue weighted by atomic mass is 10.1. The summed E-state index contributed by atoms with van der Waals surface area (Å²) in [4.78, 5) is 16.8. The molecular weight excluding hydrogens is 300 g/mol. The summed E-state index contributed by atoms with van der Waals surface area (Å²) < 4.78 is 5.28. The van der Waals surface area contributed by atoms with Crippen LogP contribution in [0.15, 0.2) is 42.7 Å². The summed E-state index contributed by atoms with van der Waals surface area (Å²) in [6.45, 7) is 13.1. The summed E-state index contributed by atoms with van der Waals surface area (Å²) in [6.07, 6.45) is 2.24. The van der Waals surface area contributed by atoms with Crippen molar-refractivity contribution in [1.29, 1.82) is 0 Å². The van der Waals surface area contributed by atoms with Crippen LogP contribution in [0.4, 0.5) is 0 Å². The molecule has 0 spiro atoms. The Labute approximate surface area is 146 Å². The van der Waals surface area contributed by atoms with Crippen molar-refractivity contribution >= 4 is 5.91 Å². The second-order valence-corrected chi connectivity index (χ2v) is 6.60. The first-order chi connectivity index (χ1) is 11.5. The van der Waals surface area contributed by atoms with Gasteiger partial charge in [-0.1, -0.05) is 36.9 Å². The first-order valence-corrected chi connectivity index (χ1v) is 8.93. The first kappa shape index (κ1) is 18.5. The van der Waals surface area contributed by atoms with Gasteiger partial charge in [0.05, 0.1) is 6.61 Å². The molecule has 4 nitrogen and oxygen atoms in total. The third-order valence-corrected chi connectivity index (χ3v) is 4.69. The van der Waals surface area contributed by atoms with Gasteiger partial charge in [-0.2, -0.15) is 0 Å². The molecule has 1 aliphatic heterocycles. The number of piperazine rings is 1. The molecular formula is C20H30N2O2. The Morgan fingerprint density at radius 2 is 1.92 bits per heavy atom. The normalized spacial score (nSPS) is 21.5. The molecule has 0 aliphatic carbocycles. The number of carbonyl (C=O) groups is 1. The Hall–Kier alpha value is -1.81. The largest absolute Gasteiger partial charge is 0.489 e. The zero-order chi connectivity index (χ0) is 17.5. The quantitative estimate of drug-likeness (QED) is 0.569. The molecule has 0 aromatic heterocycles. The second-order valence-electron chi connectivity index (χ2n) is 6.60. The van der Waals surface area contributed by atoms with E-state index in [0.29, 0.717) is 12.6 Å². The number of carbonyl (C=O) groups excluding carboxylic acids is 1. The van der Waals surface area contributed by atoms with Crippen LogP contribution in [-0.2, 0) is 16.0 Å².